The Balaban J connectivity index is 1.71. The first-order chi connectivity index (χ1) is 11.0. The second-order valence-corrected chi connectivity index (χ2v) is 7.34. The molecule has 1 aliphatic carbocycles. The molecule has 1 aromatic heterocycles. The lowest BCUT2D eigenvalue weighted by Gasteiger charge is -2.40. The van der Waals surface area contributed by atoms with E-state index in [0.29, 0.717) is 28.5 Å². The van der Waals surface area contributed by atoms with Gasteiger partial charge in [0.2, 0.25) is 0 Å². The topological polar surface area (TPSA) is 45.7 Å². The summed E-state index contributed by atoms with van der Waals surface area (Å²) >= 11 is 5.95. The van der Waals surface area contributed by atoms with Gasteiger partial charge in [-0.2, -0.15) is 0 Å². The van der Waals surface area contributed by atoms with Crippen molar-refractivity contribution in [3.63, 3.8) is 0 Å². The van der Waals surface area contributed by atoms with Crippen LogP contribution in [0, 0.1) is 11.8 Å². The predicted octanol–water partition coefficient (Wildman–Crippen LogP) is 2.16. The Labute approximate surface area is 142 Å². The summed E-state index contributed by atoms with van der Waals surface area (Å²) in [6, 6.07) is 2.11. The van der Waals surface area contributed by atoms with Crippen molar-refractivity contribution in [3.05, 3.63) is 29.0 Å². The Hall–Kier alpha value is -1.17. The van der Waals surface area contributed by atoms with Crippen molar-refractivity contribution in [3.8, 4) is 0 Å². The van der Waals surface area contributed by atoms with Crippen molar-refractivity contribution in [2.75, 3.05) is 34.3 Å². The van der Waals surface area contributed by atoms with Crippen LogP contribution in [0.3, 0.4) is 0 Å². The van der Waals surface area contributed by atoms with Crippen molar-refractivity contribution < 1.29 is 9.53 Å². The van der Waals surface area contributed by atoms with Gasteiger partial charge in [-0.1, -0.05) is 11.6 Å². The number of hydrogen-bond acceptors (Lipinski definition) is 4. The second-order valence-electron chi connectivity index (χ2n) is 6.90. The highest BCUT2D eigenvalue weighted by atomic mass is 35.5. The third kappa shape index (κ3) is 3.37. The molecule has 0 bridgehead atoms. The number of likely N-dealkylation sites (tertiary alicyclic amines) is 1. The van der Waals surface area contributed by atoms with Gasteiger partial charge in [-0.3, -0.25) is 9.78 Å². The number of fused-ring (bicyclic) bond motifs is 1. The van der Waals surface area contributed by atoms with Crippen LogP contribution >= 0.6 is 11.6 Å². The SMILES string of the molecule is CO[C@@H]1C[C@H]2CN(C(=O)c3cncc(Cl)c3)C[C@H]2C[C@H]1N(C)C. The highest BCUT2D eigenvalue weighted by Gasteiger charge is 2.44. The second kappa shape index (κ2) is 6.75. The minimum Gasteiger partial charge on any atom is -0.380 e. The summed E-state index contributed by atoms with van der Waals surface area (Å²) in [5.41, 5.74) is 0.573. The lowest BCUT2D eigenvalue weighted by atomic mass is 9.77. The molecule has 0 radical (unpaired) electrons. The lowest BCUT2D eigenvalue weighted by Crippen LogP contribution is -2.47. The van der Waals surface area contributed by atoms with Gasteiger partial charge in [0.05, 0.1) is 16.7 Å². The van der Waals surface area contributed by atoms with Crippen LogP contribution in [-0.2, 0) is 4.74 Å². The molecule has 2 aliphatic rings. The Morgan fingerprint density at radius 1 is 1.30 bits per heavy atom. The molecule has 5 nitrogen and oxygen atoms in total. The molecule has 126 valence electrons. The van der Waals surface area contributed by atoms with Crippen molar-refractivity contribution in [2.24, 2.45) is 11.8 Å². The summed E-state index contributed by atoms with van der Waals surface area (Å²) in [4.78, 5) is 20.9. The fourth-order valence-corrected chi connectivity index (χ4v) is 4.24. The number of halogens is 1. The number of likely N-dealkylation sites (N-methyl/N-ethyl adjacent to an activating group) is 1. The minimum atomic E-state index is 0.0322. The zero-order chi connectivity index (χ0) is 16.6. The van der Waals surface area contributed by atoms with Gasteiger partial charge in [0, 0.05) is 38.6 Å². The van der Waals surface area contributed by atoms with Crippen LogP contribution in [-0.4, -0.2) is 67.1 Å². The van der Waals surface area contributed by atoms with Crippen LogP contribution in [0.5, 0.6) is 0 Å². The van der Waals surface area contributed by atoms with Crippen LogP contribution in [0.15, 0.2) is 18.5 Å². The largest absolute Gasteiger partial charge is 0.380 e. The average Bonchev–Trinajstić information content (AvgIpc) is 2.95. The third-order valence-electron chi connectivity index (χ3n) is 5.29. The van der Waals surface area contributed by atoms with E-state index < -0.39 is 0 Å². The standard InChI is InChI=1S/C17H24ClN3O2/c1-20(2)15-5-12-9-21(10-13(12)6-16(15)23-3)17(22)11-4-14(18)8-19-7-11/h4,7-8,12-13,15-16H,5-6,9-10H2,1-3H3/t12-,13+,15-,16-/m1/s1. The summed E-state index contributed by atoms with van der Waals surface area (Å²) in [6.07, 6.45) is 5.48. The van der Waals surface area contributed by atoms with E-state index in [2.05, 4.69) is 24.0 Å². The highest BCUT2D eigenvalue weighted by molar-refractivity contribution is 6.30. The smallest absolute Gasteiger partial charge is 0.255 e. The van der Waals surface area contributed by atoms with Crippen LogP contribution < -0.4 is 0 Å². The van der Waals surface area contributed by atoms with Gasteiger partial charge < -0.3 is 14.5 Å². The van der Waals surface area contributed by atoms with E-state index in [0.717, 1.165) is 25.9 Å². The van der Waals surface area contributed by atoms with E-state index in [9.17, 15) is 4.79 Å². The minimum absolute atomic E-state index is 0.0322. The molecular weight excluding hydrogens is 314 g/mol. The van der Waals surface area contributed by atoms with Crippen molar-refractivity contribution in [1.82, 2.24) is 14.8 Å². The fourth-order valence-electron chi connectivity index (χ4n) is 4.06. The van der Waals surface area contributed by atoms with E-state index in [4.69, 9.17) is 16.3 Å². The van der Waals surface area contributed by atoms with Crippen LogP contribution in [0.1, 0.15) is 23.2 Å². The fraction of sp³-hybridized carbons (Fsp3) is 0.647. The third-order valence-corrected chi connectivity index (χ3v) is 5.50. The summed E-state index contributed by atoms with van der Waals surface area (Å²) in [5, 5.41) is 0.500. The molecule has 1 aromatic rings. The molecule has 3 rings (SSSR count). The monoisotopic (exact) mass is 337 g/mol. The van der Waals surface area contributed by atoms with Crippen molar-refractivity contribution in [1.29, 1.82) is 0 Å². The van der Waals surface area contributed by atoms with E-state index in [1.165, 1.54) is 0 Å². The first-order valence-electron chi connectivity index (χ1n) is 8.08. The van der Waals surface area contributed by atoms with E-state index in [-0.39, 0.29) is 12.0 Å². The number of pyridine rings is 1. The maximum Gasteiger partial charge on any atom is 0.255 e. The van der Waals surface area contributed by atoms with E-state index >= 15 is 0 Å². The van der Waals surface area contributed by atoms with Crippen LogP contribution in [0.4, 0.5) is 0 Å². The molecule has 0 aromatic carbocycles. The molecule has 6 heteroatoms. The molecule has 1 saturated carbocycles. The summed E-state index contributed by atoms with van der Waals surface area (Å²) in [7, 11) is 6.00. The number of amides is 1. The quantitative estimate of drug-likeness (QED) is 0.848. The van der Waals surface area contributed by atoms with Crippen molar-refractivity contribution >= 4 is 17.5 Å². The molecule has 4 atom stereocenters. The van der Waals surface area contributed by atoms with Crippen LogP contribution in [0.2, 0.25) is 5.02 Å². The molecule has 0 unspecified atom stereocenters. The van der Waals surface area contributed by atoms with Crippen molar-refractivity contribution in [2.45, 2.75) is 25.0 Å². The highest BCUT2D eigenvalue weighted by Crippen LogP contribution is 2.39. The number of ether oxygens (including phenoxy) is 1. The predicted molar refractivity (Wildman–Crippen MR) is 89.6 cm³/mol. The number of methoxy groups -OCH3 is 1. The van der Waals surface area contributed by atoms with Gasteiger partial charge in [0.15, 0.2) is 0 Å². The first kappa shape index (κ1) is 16.7. The number of aromatic nitrogens is 1. The number of hydrogen-bond donors (Lipinski definition) is 0. The number of nitrogens with zero attached hydrogens (tertiary/aromatic N) is 3. The maximum absolute atomic E-state index is 12.7. The Kier molecular flexibility index (Phi) is 4.90. The number of rotatable bonds is 3. The lowest BCUT2D eigenvalue weighted by molar-refractivity contribution is -0.0209. The first-order valence-corrected chi connectivity index (χ1v) is 8.46. The molecule has 1 saturated heterocycles. The summed E-state index contributed by atoms with van der Waals surface area (Å²) < 4.78 is 5.70. The zero-order valence-electron chi connectivity index (χ0n) is 13.9. The molecule has 2 heterocycles. The molecule has 0 spiro atoms. The zero-order valence-corrected chi connectivity index (χ0v) is 14.7. The molecule has 23 heavy (non-hydrogen) atoms. The normalized spacial score (nSPS) is 30.6. The van der Waals surface area contributed by atoms with Gasteiger partial charge in [0.1, 0.15) is 0 Å². The molecule has 1 amide bonds. The summed E-state index contributed by atoms with van der Waals surface area (Å²) in [5.74, 6) is 1.10. The maximum atomic E-state index is 12.7. The Morgan fingerprint density at radius 3 is 2.61 bits per heavy atom. The number of carbonyl (C=O) groups excluding carboxylic acids is 1. The van der Waals surface area contributed by atoms with Gasteiger partial charge in [0.25, 0.3) is 5.91 Å². The summed E-state index contributed by atoms with van der Waals surface area (Å²) in [6.45, 7) is 1.62. The van der Waals surface area contributed by atoms with E-state index in [1.54, 1.807) is 25.6 Å². The van der Waals surface area contributed by atoms with Gasteiger partial charge in [-0.15, -0.1) is 0 Å². The Bertz CT molecular complexity index is 581. The van der Waals surface area contributed by atoms with Gasteiger partial charge in [-0.05, 0) is 44.8 Å². The molecule has 2 fully saturated rings. The van der Waals surface area contributed by atoms with Gasteiger partial charge in [-0.25, -0.2) is 0 Å². The molecule has 1 aliphatic heterocycles. The molecule has 0 N–H and O–H groups in total. The Morgan fingerprint density at radius 2 is 2.00 bits per heavy atom. The van der Waals surface area contributed by atoms with Gasteiger partial charge >= 0.3 is 0 Å². The molecular formula is C17H24ClN3O2. The van der Waals surface area contributed by atoms with E-state index in [1.807, 2.05) is 4.90 Å². The van der Waals surface area contributed by atoms with Crippen LogP contribution in [0.25, 0.3) is 0 Å². The average molecular weight is 338 g/mol. The number of carbonyl (C=O) groups is 1.